The quantitative estimate of drug-likeness (QED) is 0.245. The highest BCUT2D eigenvalue weighted by molar-refractivity contribution is 5.94. The highest BCUT2D eigenvalue weighted by Crippen LogP contribution is 2.56. The maximum Gasteiger partial charge on any atom is 0.378 e. The Morgan fingerprint density at radius 3 is 1.14 bits per heavy atom. The molecule has 0 fully saturated rings. The average Bonchev–Trinajstić information content (AvgIpc) is 3.17. The van der Waals surface area contributed by atoms with Gasteiger partial charge in [0.15, 0.2) is 11.5 Å². The van der Waals surface area contributed by atoms with E-state index in [0.717, 1.165) is 12.8 Å². The molecule has 206 valence electrons. The number of ether oxygens (including phenoxy) is 6. The molecule has 0 saturated carbocycles. The van der Waals surface area contributed by atoms with Gasteiger partial charge in [-0.1, -0.05) is 26.7 Å². The standard InChI is InChI=1S/C28H46O8/c1-11-13-15-27(23(33-19(7)8)21(25(29)35-27)31-17(3)4)28(16-14-12-2)24(34-20(9)10)22(26(30)36-28)32-18(5)6/h17-20H,11-16H2,1-10H3/t27-,28+. The van der Waals surface area contributed by atoms with Crippen molar-refractivity contribution in [3.8, 4) is 0 Å². The highest BCUT2D eigenvalue weighted by atomic mass is 16.7. The largest absolute Gasteiger partial charge is 0.487 e. The molecule has 0 aromatic heterocycles. The molecule has 0 aromatic carbocycles. The molecule has 0 bridgehead atoms. The molecule has 2 heterocycles. The Morgan fingerprint density at radius 1 is 0.583 bits per heavy atom. The van der Waals surface area contributed by atoms with Crippen LogP contribution in [-0.2, 0) is 38.0 Å². The summed E-state index contributed by atoms with van der Waals surface area (Å²) in [6.07, 6.45) is 2.59. The Balaban J connectivity index is 2.95. The minimum atomic E-state index is -1.47. The third-order valence-corrected chi connectivity index (χ3v) is 5.88. The zero-order chi connectivity index (χ0) is 27.3. The Morgan fingerprint density at radius 2 is 0.889 bits per heavy atom. The second-order valence-electron chi connectivity index (χ2n) is 10.6. The van der Waals surface area contributed by atoms with Gasteiger partial charge in [-0.2, -0.15) is 0 Å². The second-order valence-corrected chi connectivity index (χ2v) is 10.6. The molecule has 0 aromatic rings. The molecule has 2 rings (SSSR count). The van der Waals surface area contributed by atoms with Gasteiger partial charge in [0.2, 0.25) is 22.7 Å². The lowest BCUT2D eigenvalue weighted by Crippen LogP contribution is -2.58. The van der Waals surface area contributed by atoms with Crippen molar-refractivity contribution >= 4 is 11.9 Å². The van der Waals surface area contributed by atoms with Crippen molar-refractivity contribution in [2.45, 2.75) is 143 Å². The molecule has 2 aliphatic rings. The van der Waals surface area contributed by atoms with Gasteiger partial charge in [0, 0.05) is 0 Å². The van der Waals surface area contributed by atoms with Crippen LogP contribution in [0.4, 0.5) is 0 Å². The number of rotatable bonds is 15. The molecule has 0 unspecified atom stereocenters. The lowest BCUT2D eigenvalue weighted by Gasteiger charge is -2.45. The monoisotopic (exact) mass is 510 g/mol. The summed E-state index contributed by atoms with van der Waals surface area (Å²) in [7, 11) is 0. The summed E-state index contributed by atoms with van der Waals surface area (Å²) in [6, 6.07) is 0. The predicted octanol–water partition coefficient (Wildman–Crippen LogP) is 6.08. The van der Waals surface area contributed by atoms with Crippen molar-refractivity contribution in [3.05, 3.63) is 23.0 Å². The van der Waals surface area contributed by atoms with E-state index in [1.54, 1.807) is 0 Å². The van der Waals surface area contributed by atoms with Gasteiger partial charge in [-0.3, -0.25) is 0 Å². The summed E-state index contributed by atoms with van der Waals surface area (Å²) >= 11 is 0. The fraction of sp³-hybridized carbons (Fsp3) is 0.786. The molecule has 8 nitrogen and oxygen atoms in total. The molecule has 0 amide bonds. The Bertz CT molecular complexity index is 784. The van der Waals surface area contributed by atoms with Crippen LogP contribution in [0.1, 0.15) is 108 Å². The van der Waals surface area contributed by atoms with E-state index in [4.69, 9.17) is 28.4 Å². The first-order valence-corrected chi connectivity index (χ1v) is 13.5. The van der Waals surface area contributed by atoms with Gasteiger partial charge in [-0.15, -0.1) is 0 Å². The number of cyclic esters (lactones) is 2. The van der Waals surface area contributed by atoms with E-state index in [1.165, 1.54) is 0 Å². The molecule has 0 saturated heterocycles. The summed E-state index contributed by atoms with van der Waals surface area (Å²) in [6.45, 7) is 19.0. The van der Waals surface area contributed by atoms with Crippen LogP contribution in [0.3, 0.4) is 0 Å². The molecule has 0 N–H and O–H groups in total. The smallest absolute Gasteiger partial charge is 0.378 e. The van der Waals surface area contributed by atoms with E-state index in [0.29, 0.717) is 25.7 Å². The van der Waals surface area contributed by atoms with E-state index in [2.05, 4.69) is 13.8 Å². The number of esters is 2. The van der Waals surface area contributed by atoms with Crippen LogP contribution in [0.5, 0.6) is 0 Å². The summed E-state index contributed by atoms with van der Waals surface area (Å²) in [5.74, 6) is -0.727. The van der Waals surface area contributed by atoms with E-state index in [-0.39, 0.29) is 47.5 Å². The highest BCUT2D eigenvalue weighted by Gasteiger charge is 2.71. The third-order valence-electron chi connectivity index (χ3n) is 5.88. The molecule has 2 atom stereocenters. The van der Waals surface area contributed by atoms with Crippen LogP contribution in [0, 0.1) is 0 Å². The van der Waals surface area contributed by atoms with Gasteiger partial charge >= 0.3 is 11.9 Å². The molecular formula is C28H46O8. The van der Waals surface area contributed by atoms with Crippen LogP contribution < -0.4 is 0 Å². The van der Waals surface area contributed by atoms with E-state index >= 15 is 0 Å². The van der Waals surface area contributed by atoms with Crippen molar-refractivity contribution in [2.75, 3.05) is 0 Å². The fourth-order valence-electron chi connectivity index (χ4n) is 4.61. The van der Waals surface area contributed by atoms with Gasteiger partial charge in [0.1, 0.15) is 0 Å². The van der Waals surface area contributed by atoms with Crippen molar-refractivity contribution in [2.24, 2.45) is 0 Å². The van der Waals surface area contributed by atoms with Crippen LogP contribution >= 0.6 is 0 Å². The van der Waals surface area contributed by atoms with E-state index in [9.17, 15) is 9.59 Å². The second kappa shape index (κ2) is 12.2. The lowest BCUT2D eigenvalue weighted by molar-refractivity contribution is -0.201. The van der Waals surface area contributed by atoms with Crippen LogP contribution in [0.25, 0.3) is 0 Å². The molecule has 0 spiro atoms. The van der Waals surface area contributed by atoms with Crippen molar-refractivity contribution < 1.29 is 38.0 Å². The first-order chi connectivity index (χ1) is 16.8. The van der Waals surface area contributed by atoms with Gasteiger partial charge < -0.3 is 28.4 Å². The van der Waals surface area contributed by atoms with Gasteiger partial charge in [0.05, 0.1) is 24.4 Å². The van der Waals surface area contributed by atoms with Crippen LogP contribution in [-0.4, -0.2) is 47.6 Å². The van der Waals surface area contributed by atoms with E-state index < -0.39 is 23.1 Å². The number of hydrogen-bond acceptors (Lipinski definition) is 8. The molecule has 0 radical (unpaired) electrons. The third kappa shape index (κ3) is 5.94. The fourth-order valence-corrected chi connectivity index (χ4v) is 4.61. The zero-order valence-corrected chi connectivity index (χ0v) is 23.8. The maximum absolute atomic E-state index is 13.4. The molecular weight excluding hydrogens is 464 g/mol. The summed E-state index contributed by atoms with van der Waals surface area (Å²) in [5.41, 5.74) is -2.93. The predicted molar refractivity (Wildman–Crippen MR) is 136 cm³/mol. The summed E-state index contributed by atoms with van der Waals surface area (Å²) < 4.78 is 37.1. The molecule has 8 heteroatoms. The Kier molecular flexibility index (Phi) is 10.1. The average molecular weight is 511 g/mol. The number of hydrogen-bond donors (Lipinski definition) is 0. The van der Waals surface area contributed by atoms with Gasteiger partial charge in [-0.25, -0.2) is 9.59 Å². The molecule has 36 heavy (non-hydrogen) atoms. The van der Waals surface area contributed by atoms with Crippen molar-refractivity contribution in [1.29, 1.82) is 0 Å². The normalized spacial score (nSPS) is 24.4. The SMILES string of the molecule is CCCC[C@]1([C@]2(CCCC)OC(=O)C(OC(C)C)=C2OC(C)C)OC(=O)C(OC(C)C)=C1OC(C)C. The number of carbonyl (C=O) groups excluding carboxylic acids is 2. The number of unbranched alkanes of at least 4 members (excludes halogenated alkanes) is 2. The van der Waals surface area contributed by atoms with Gasteiger partial charge in [0.25, 0.3) is 0 Å². The Hall–Kier alpha value is -2.38. The summed E-state index contributed by atoms with van der Waals surface area (Å²) in [5, 5.41) is 0. The minimum Gasteiger partial charge on any atom is -0.487 e. The lowest BCUT2D eigenvalue weighted by atomic mass is 9.73. The van der Waals surface area contributed by atoms with Crippen molar-refractivity contribution in [3.63, 3.8) is 0 Å². The molecule has 0 aliphatic carbocycles. The first-order valence-electron chi connectivity index (χ1n) is 13.5. The van der Waals surface area contributed by atoms with Crippen LogP contribution in [0.15, 0.2) is 23.0 Å². The zero-order valence-electron chi connectivity index (χ0n) is 23.8. The van der Waals surface area contributed by atoms with Crippen LogP contribution in [0.2, 0.25) is 0 Å². The van der Waals surface area contributed by atoms with Gasteiger partial charge in [-0.05, 0) is 81.1 Å². The topological polar surface area (TPSA) is 89.5 Å². The minimum absolute atomic E-state index is 0.0175. The van der Waals surface area contributed by atoms with E-state index in [1.807, 2.05) is 55.4 Å². The maximum atomic E-state index is 13.4. The first kappa shape index (κ1) is 29.8. The molecule has 2 aliphatic heterocycles. The van der Waals surface area contributed by atoms with Crippen molar-refractivity contribution in [1.82, 2.24) is 0 Å². The Labute approximate surface area is 216 Å². The number of carbonyl (C=O) groups is 2. The summed E-state index contributed by atoms with van der Waals surface area (Å²) in [4.78, 5) is 26.8.